The molecule has 0 spiro atoms. The van der Waals surface area contributed by atoms with Gasteiger partial charge in [-0.2, -0.15) is 13.2 Å². The van der Waals surface area contributed by atoms with Crippen LogP contribution in [0, 0.1) is 0 Å². The Morgan fingerprint density at radius 2 is 1.92 bits per heavy atom. The maximum atomic E-state index is 12.8. The fourth-order valence-electron chi connectivity index (χ4n) is 2.94. The quantitative estimate of drug-likeness (QED) is 0.680. The van der Waals surface area contributed by atoms with Crippen LogP contribution in [0.25, 0.3) is 0 Å². The molecule has 26 heavy (non-hydrogen) atoms. The highest BCUT2D eigenvalue weighted by molar-refractivity contribution is 7.89. The summed E-state index contributed by atoms with van der Waals surface area (Å²) in [4.78, 5) is 3.68. The second kappa shape index (κ2) is 9.12. The van der Waals surface area contributed by atoms with Crippen molar-refractivity contribution in [1.82, 2.24) is 9.29 Å². The van der Waals surface area contributed by atoms with E-state index in [1.54, 1.807) is 0 Å². The van der Waals surface area contributed by atoms with Crippen LogP contribution in [-0.2, 0) is 20.9 Å². The lowest BCUT2D eigenvalue weighted by atomic mass is 9.90. The third-order valence-electron chi connectivity index (χ3n) is 4.33. The monoisotopic (exact) mass is 396 g/mol. The number of hydrogen-bond acceptors (Lipinski definition) is 5. The average Bonchev–Trinajstić information content (AvgIpc) is 2.61. The molecule has 6 nitrogen and oxygen atoms in total. The molecule has 0 bridgehead atoms. The van der Waals surface area contributed by atoms with Crippen LogP contribution in [0.2, 0.25) is 0 Å². The van der Waals surface area contributed by atoms with E-state index < -0.39 is 21.8 Å². The fourth-order valence-corrected chi connectivity index (χ4v) is 4.45. The third kappa shape index (κ3) is 5.90. The Hall–Kier alpha value is -1.23. The van der Waals surface area contributed by atoms with Gasteiger partial charge in [-0.15, -0.1) is 0 Å². The van der Waals surface area contributed by atoms with Gasteiger partial charge < -0.3 is 9.84 Å². The largest absolute Gasteiger partial charge is 0.417 e. The predicted molar refractivity (Wildman–Crippen MR) is 89.1 cm³/mol. The van der Waals surface area contributed by atoms with E-state index in [0.717, 1.165) is 12.3 Å². The summed E-state index contributed by atoms with van der Waals surface area (Å²) in [6, 6.07) is 1.10. The van der Waals surface area contributed by atoms with Gasteiger partial charge in [0.05, 0.1) is 24.5 Å². The number of aliphatic hydroxyl groups excluding tert-OH is 1. The smallest absolute Gasteiger partial charge is 0.394 e. The number of alkyl halides is 3. The molecule has 0 unspecified atom stereocenters. The molecule has 0 amide bonds. The van der Waals surface area contributed by atoms with Gasteiger partial charge in [0.2, 0.25) is 10.0 Å². The van der Waals surface area contributed by atoms with Crippen molar-refractivity contribution in [1.29, 1.82) is 0 Å². The Kier molecular flexibility index (Phi) is 7.39. The third-order valence-corrected chi connectivity index (χ3v) is 6.29. The number of ether oxygens (including phenoxy) is 1. The Morgan fingerprint density at radius 1 is 1.23 bits per heavy atom. The van der Waals surface area contributed by atoms with Crippen molar-refractivity contribution in [3.05, 3.63) is 29.6 Å². The standard InChI is InChI=1S/C16H23F3N2O4S/c17-16(18,19)15-10-14(11-20-12-15)13-2-4-21(5-3-13)26(23,24)9-1-7-25-8-6-22/h10-13,22H,1-9H2. The van der Waals surface area contributed by atoms with Crippen molar-refractivity contribution in [2.75, 3.05) is 38.7 Å². The van der Waals surface area contributed by atoms with Crippen LogP contribution in [0.5, 0.6) is 0 Å². The van der Waals surface area contributed by atoms with E-state index in [1.165, 1.54) is 10.5 Å². The van der Waals surface area contributed by atoms with Gasteiger partial charge >= 0.3 is 6.18 Å². The molecule has 1 aliphatic rings. The molecule has 1 aliphatic heterocycles. The van der Waals surface area contributed by atoms with Gasteiger partial charge in [0.25, 0.3) is 0 Å². The maximum absolute atomic E-state index is 12.8. The van der Waals surface area contributed by atoms with Crippen molar-refractivity contribution in [2.45, 2.75) is 31.4 Å². The number of aliphatic hydroxyl groups is 1. The van der Waals surface area contributed by atoms with Crippen molar-refractivity contribution >= 4 is 10.0 Å². The van der Waals surface area contributed by atoms with Gasteiger partial charge in [0, 0.05) is 32.1 Å². The minimum atomic E-state index is -4.44. The minimum absolute atomic E-state index is 0.0474. The molecular weight excluding hydrogens is 373 g/mol. The summed E-state index contributed by atoms with van der Waals surface area (Å²) in [7, 11) is -3.41. The molecule has 148 valence electrons. The summed E-state index contributed by atoms with van der Waals surface area (Å²) >= 11 is 0. The second-order valence-electron chi connectivity index (χ2n) is 6.18. The zero-order valence-electron chi connectivity index (χ0n) is 14.3. The molecule has 1 aromatic heterocycles. The van der Waals surface area contributed by atoms with Crippen LogP contribution in [0.15, 0.2) is 18.5 Å². The highest BCUT2D eigenvalue weighted by Crippen LogP contribution is 2.33. The van der Waals surface area contributed by atoms with E-state index in [-0.39, 0.29) is 44.6 Å². The van der Waals surface area contributed by atoms with Crippen molar-refractivity contribution in [3.63, 3.8) is 0 Å². The van der Waals surface area contributed by atoms with Crippen LogP contribution < -0.4 is 0 Å². The summed E-state index contributed by atoms with van der Waals surface area (Å²) in [6.45, 7) is 0.884. The molecule has 2 rings (SSSR count). The Morgan fingerprint density at radius 3 is 2.54 bits per heavy atom. The number of sulfonamides is 1. The van der Waals surface area contributed by atoms with Crippen LogP contribution in [0.4, 0.5) is 13.2 Å². The number of rotatable bonds is 8. The predicted octanol–water partition coefficient (Wildman–Crippen LogP) is 2.01. The number of pyridine rings is 1. The van der Waals surface area contributed by atoms with E-state index in [1.807, 2.05) is 0 Å². The van der Waals surface area contributed by atoms with E-state index in [9.17, 15) is 21.6 Å². The molecule has 1 N–H and O–H groups in total. The van der Waals surface area contributed by atoms with Gasteiger partial charge in [-0.1, -0.05) is 0 Å². The van der Waals surface area contributed by atoms with E-state index in [0.29, 0.717) is 24.8 Å². The molecule has 0 aromatic carbocycles. The molecule has 1 aromatic rings. The topological polar surface area (TPSA) is 79.7 Å². The number of piperidine rings is 1. The Bertz CT molecular complexity index is 674. The lowest BCUT2D eigenvalue weighted by Gasteiger charge is -2.31. The summed E-state index contributed by atoms with van der Waals surface area (Å²) in [6.07, 6.45) is -0.970. The lowest BCUT2D eigenvalue weighted by molar-refractivity contribution is -0.137. The van der Waals surface area contributed by atoms with Crippen molar-refractivity contribution in [3.8, 4) is 0 Å². The van der Waals surface area contributed by atoms with Crippen molar-refractivity contribution in [2.24, 2.45) is 0 Å². The normalized spacial score (nSPS) is 17.5. The van der Waals surface area contributed by atoms with Crippen LogP contribution in [-0.4, -0.2) is 61.5 Å². The van der Waals surface area contributed by atoms with Crippen LogP contribution in [0.3, 0.4) is 0 Å². The molecule has 0 saturated carbocycles. The first-order valence-electron chi connectivity index (χ1n) is 8.42. The molecule has 0 aliphatic carbocycles. The Balaban J connectivity index is 1.88. The summed E-state index contributed by atoms with van der Waals surface area (Å²) in [5, 5.41) is 8.59. The van der Waals surface area contributed by atoms with Crippen LogP contribution >= 0.6 is 0 Å². The number of halogens is 3. The van der Waals surface area contributed by atoms with Gasteiger partial charge in [-0.25, -0.2) is 12.7 Å². The number of aromatic nitrogens is 1. The SMILES string of the molecule is O=S(=O)(CCCOCCO)N1CCC(c2cncc(C(F)(F)F)c2)CC1. The van der Waals surface area contributed by atoms with E-state index in [4.69, 9.17) is 9.84 Å². The average molecular weight is 396 g/mol. The van der Waals surface area contributed by atoms with Gasteiger partial charge in [0.1, 0.15) is 0 Å². The summed E-state index contributed by atoms with van der Waals surface area (Å²) < 4.78 is 69.4. The first kappa shape index (κ1) is 21.1. The summed E-state index contributed by atoms with van der Waals surface area (Å²) in [5.41, 5.74) is -0.290. The highest BCUT2D eigenvalue weighted by Gasteiger charge is 2.33. The molecule has 0 atom stereocenters. The fraction of sp³-hybridized carbons (Fsp3) is 0.688. The van der Waals surface area contributed by atoms with Crippen molar-refractivity contribution < 1.29 is 31.4 Å². The minimum Gasteiger partial charge on any atom is -0.394 e. The van der Waals surface area contributed by atoms with E-state index in [2.05, 4.69) is 4.98 Å². The number of nitrogens with zero attached hydrogens (tertiary/aromatic N) is 2. The lowest BCUT2D eigenvalue weighted by Crippen LogP contribution is -2.39. The molecule has 10 heteroatoms. The maximum Gasteiger partial charge on any atom is 0.417 e. The second-order valence-corrected chi connectivity index (χ2v) is 8.27. The first-order valence-corrected chi connectivity index (χ1v) is 10.0. The highest BCUT2D eigenvalue weighted by atomic mass is 32.2. The van der Waals surface area contributed by atoms with E-state index >= 15 is 0 Å². The molecule has 0 radical (unpaired) electrons. The van der Waals surface area contributed by atoms with Crippen LogP contribution in [0.1, 0.15) is 36.3 Å². The molecule has 2 heterocycles. The molecule has 1 saturated heterocycles. The Labute approximate surface area is 151 Å². The zero-order chi connectivity index (χ0) is 19.2. The molecular formula is C16H23F3N2O4S. The summed E-state index contributed by atoms with van der Waals surface area (Å²) in [5.74, 6) is -0.182. The van der Waals surface area contributed by atoms with Gasteiger partial charge in [0.15, 0.2) is 0 Å². The van der Waals surface area contributed by atoms with Gasteiger partial charge in [-0.05, 0) is 36.8 Å². The molecule has 1 fully saturated rings. The first-order chi connectivity index (χ1) is 12.2. The van der Waals surface area contributed by atoms with Gasteiger partial charge in [-0.3, -0.25) is 4.98 Å². The zero-order valence-corrected chi connectivity index (χ0v) is 15.1. The number of hydrogen-bond donors (Lipinski definition) is 1.